The predicted octanol–water partition coefficient (Wildman–Crippen LogP) is 2.68. The summed E-state index contributed by atoms with van der Waals surface area (Å²) in [6, 6.07) is 4.20. The van der Waals surface area contributed by atoms with Crippen LogP contribution in [0, 0.1) is 5.92 Å². The highest BCUT2D eigenvalue weighted by Gasteiger charge is 2.38. The lowest BCUT2D eigenvalue weighted by Gasteiger charge is -2.24. The number of ether oxygens (including phenoxy) is 1. The molecule has 1 fully saturated rings. The standard InChI is InChI=1S/C14H17ClN2O4/c1-8-10(13(18)19)5-6-17(8)14(20)16-11-7-9(15)3-4-12(11)21-2/h3-4,7-8,10H,5-6H2,1-2H3,(H,16,20)(H,18,19). The van der Waals surface area contributed by atoms with Crippen LogP contribution in [0.1, 0.15) is 13.3 Å². The Kier molecular flexibility index (Phi) is 4.57. The first-order valence-corrected chi connectivity index (χ1v) is 6.95. The van der Waals surface area contributed by atoms with E-state index in [0.29, 0.717) is 29.4 Å². The summed E-state index contributed by atoms with van der Waals surface area (Å²) in [6.45, 7) is 2.15. The molecule has 2 atom stereocenters. The number of carbonyl (C=O) groups excluding carboxylic acids is 1. The summed E-state index contributed by atoms with van der Waals surface area (Å²) in [4.78, 5) is 24.9. The number of aliphatic carboxylic acids is 1. The van der Waals surface area contributed by atoms with Crippen molar-refractivity contribution in [2.24, 2.45) is 5.92 Å². The zero-order valence-electron chi connectivity index (χ0n) is 11.8. The molecule has 2 N–H and O–H groups in total. The van der Waals surface area contributed by atoms with Crippen molar-refractivity contribution in [3.8, 4) is 5.75 Å². The molecule has 0 aliphatic carbocycles. The number of carboxylic acids is 1. The molecule has 21 heavy (non-hydrogen) atoms. The fourth-order valence-electron chi connectivity index (χ4n) is 2.52. The summed E-state index contributed by atoms with van der Waals surface area (Å²) in [6.07, 6.45) is 0.455. The largest absolute Gasteiger partial charge is 0.495 e. The molecule has 0 saturated carbocycles. The van der Waals surface area contributed by atoms with Gasteiger partial charge >= 0.3 is 12.0 Å². The summed E-state index contributed by atoms with van der Waals surface area (Å²) >= 11 is 5.91. The molecule has 7 heteroatoms. The highest BCUT2D eigenvalue weighted by Crippen LogP contribution is 2.30. The minimum atomic E-state index is -0.877. The van der Waals surface area contributed by atoms with Gasteiger partial charge in [-0.25, -0.2) is 4.79 Å². The van der Waals surface area contributed by atoms with E-state index in [1.54, 1.807) is 25.1 Å². The Hall–Kier alpha value is -1.95. The van der Waals surface area contributed by atoms with Crippen molar-refractivity contribution in [3.05, 3.63) is 23.2 Å². The van der Waals surface area contributed by atoms with Crippen LogP contribution in [0.5, 0.6) is 5.75 Å². The van der Waals surface area contributed by atoms with E-state index >= 15 is 0 Å². The second kappa shape index (κ2) is 6.22. The van der Waals surface area contributed by atoms with Crippen LogP contribution in [-0.4, -0.2) is 41.7 Å². The highest BCUT2D eigenvalue weighted by atomic mass is 35.5. The van der Waals surface area contributed by atoms with Crippen LogP contribution in [0.15, 0.2) is 18.2 Å². The van der Waals surface area contributed by atoms with Gasteiger partial charge in [0.15, 0.2) is 0 Å². The van der Waals surface area contributed by atoms with Crippen LogP contribution in [0.3, 0.4) is 0 Å². The van der Waals surface area contributed by atoms with E-state index in [0.717, 1.165) is 0 Å². The average molecular weight is 313 g/mol. The monoisotopic (exact) mass is 312 g/mol. The SMILES string of the molecule is COc1ccc(Cl)cc1NC(=O)N1CCC(C(=O)O)C1C. The number of likely N-dealkylation sites (tertiary alicyclic amines) is 1. The maximum Gasteiger partial charge on any atom is 0.322 e. The van der Waals surface area contributed by atoms with Crippen molar-refractivity contribution in [1.29, 1.82) is 0 Å². The number of anilines is 1. The number of hydrogen-bond acceptors (Lipinski definition) is 3. The normalized spacial score (nSPS) is 21.2. The quantitative estimate of drug-likeness (QED) is 0.899. The van der Waals surface area contributed by atoms with Crippen molar-refractivity contribution in [2.45, 2.75) is 19.4 Å². The summed E-state index contributed by atoms with van der Waals surface area (Å²) in [7, 11) is 1.50. The summed E-state index contributed by atoms with van der Waals surface area (Å²) < 4.78 is 5.16. The first-order chi connectivity index (χ1) is 9.93. The molecule has 1 aliphatic heterocycles. The van der Waals surface area contributed by atoms with Gasteiger partial charge in [-0.15, -0.1) is 0 Å². The lowest BCUT2D eigenvalue weighted by atomic mass is 10.0. The van der Waals surface area contributed by atoms with Crippen molar-refractivity contribution in [3.63, 3.8) is 0 Å². The summed E-state index contributed by atoms with van der Waals surface area (Å²) in [5, 5.41) is 12.3. The first-order valence-electron chi connectivity index (χ1n) is 6.58. The third-order valence-corrected chi connectivity index (χ3v) is 3.97. The Morgan fingerprint density at radius 2 is 2.19 bits per heavy atom. The van der Waals surface area contributed by atoms with Crippen LogP contribution in [0.2, 0.25) is 5.02 Å². The Morgan fingerprint density at radius 1 is 1.48 bits per heavy atom. The van der Waals surface area contributed by atoms with Gasteiger partial charge in [0.05, 0.1) is 18.7 Å². The van der Waals surface area contributed by atoms with Gasteiger partial charge in [0.25, 0.3) is 0 Å². The van der Waals surface area contributed by atoms with Crippen LogP contribution in [0.25, 0.3) is 0 Å². The van der Waals surface area contributed by atoms with Crippen molar-refractivity contribution in [1.82, 2.24) is 4.90 Å². The molecule has 1 aliphatic rings. The minimum absolute atomic E-state index is 0.354. The molecule has 114 valence electrons. The minimum Gasteiger partial charge on any atom is -0.495 e. The molecule has 1 aromatic carbocycles. The molecule has 2 rings (SSSR count). The van der Waals surface area contributed by atoms with E-state index in [1.807, 2.05) is 0 Å². The van der Waals surface area contributed by atoms with Gasteiger partial charge in [0, 0.05) is 17.6 Å². The number of rotatable bonds is 3. The number of benzene rings is 1. The molecule has 2 amide bonds. The second-order valence-electron chi connectivity index (χ2n) is 4.94. The molecule has 0 bridgehead atoms. The fourth-order valence-corrected chi connectivity index (χ4v) is 2.69. The molecular weight excluding hydrogens is 296 g/mol. The molecule has 0 aromatic heterocycles. The van der Waals surface area contributed by atoms with Crippen LogP contribution >= 0.6 is 11.6 Å². The number of hydrogen-bond donors (Lipinski definition) is 2. The molecule has 1 aromatic rings. The number of amides is 2. The van der Waals surface area contributed by atoms with E-state index < -0.39 is 11.9 Å². The number of halogens is 1. The van der Waals surface area contributed by atoms with Gasteiger partial charge in [0.2, 0.25) is 0 Å². The Morgan fingerprint density at radius 3 is 2.76 bits per heavy atom. The van der Waals surface area contributed by atoms with Crippen LogP contribution in [-0.2, 0) is 4.79 Å². The fraction of sp³-hybridized carbons (Fsp3) is 0.429. The van der Waals surface area contributed by atoms with Crippen LogP contribution < -0.4 is 10.1 Å². The van der Waals surface area contributed by atoms with E-state index in [-0.39, 0.29) is 12.1 Å². The van der Waals surface area contributed by atoms with E-state index in [2.05, 4.69) is 5.32 Å². The molecule has 0 radical (unpaired) electrons. The molecular formula is C14H17ClN2O4. The zero-order valence-corrected chi connectivity index (χ0v) is 12.6. The van der Waals surface area contributed by atoms with E-state index in [4.69, 9.17) is 21.4 Å². The van der Waals surface area contributed by atoms with Gasteiger partial charge in [-0.05, 0) is 31.5 Å². The third-order valence-electron chi connectivity index (χ3n) is 3.74. The van der Waals surface area contributed by atoms with Gasteiger partial charge in [-0.2, -0.15) is 0 Å². The van der Waals surface area contributed by atoms with Crippen LogP contribution in [0.4, 0.5) is 10.5 Å². The smallest absolute Gasteiger partial charge is 0.322 e. The molecule has 1 saturated heterocycles. The van der Waals surface area contributed by atoms with Crippen molar-refractivity contribution in [2.75, 3.05) is 19.0 Å². The van der Waals surface area contributed by atoms with Gasteiger partial charge in [-0.1, -0.05) is 11.6 Å². The number of nitrogens with one attached hydrogen (secondary N) is 1. The predicted molar refractivity (Wildman–Crippen MR) is 78.9 cm³/mol. The lowest BCUT2D eigenvalue weighted by Crippen LogP contribution is -2.40. The molecule has 6 nitrogen and oxygen atoms in total. The number of urea groups is 1. The van der Waals surface area contributed by atoms with E-state index in [1.165, 1.54) is 12.0 Å². The zero-order chi connectivity index (χ0) is 15.6. The van der Waals surface area contributed by atoms with Gasteiger partial charge in [0.1, 0.15) is 5.75 Å². The number of methoxy groups -OCH3 is 1. The first kappa shape index (κ1) is 15.4. The summed E-state index contributed by atoms with van der Waals surface area (Å²) in [5.41, 5.74) is 0.459. The maximum atomic E-state index is 12.3. The number of carboxylic acid groups (broad SMARTS) is 1. The Bertz CT molecular complexity index is 564. The van der Waals surface area contributed by atoms with Gasteiger partial charge < -0.3 is 20.1 Å². The molecule has 1 heterocycles. The number of nitrogens with zero attached hydrogens (tertiary/aromatic N) is 1. The molecule has 2 unspecified atom stereocenters. The topological polar surface area (TPSA) is 78.9 Å². The Balaban J connectivity index is 2.12. The molecule has 0 spiro atoms. The maximum absolute atomic E-state index is 12.3. The third kappa shape index (κ3) is 3.21. The lowest BCUT2D eigenvalue weighted by molar-refractivity contribution is -0.142. The summed E-state index contributed by atoms with van der Waals surface area (Å²) in [5.74, 6) is -0.912. The van der Waals surface area contributed by atoms with Crippen molar-refractivity contribution >= 4 is 29.3 Å². The van der Waals surface area contributed by atoms with E-state index in [9.17, 15) is 9.59 Å². The highest BCUT2D eigenvalue weighted by molar-refractivity contribution is 6.31. The van der Waals surface area contributed by atoms with Crippen molar-refractivity contribution < 1.29 is 19.4 Å². The average Bonchev–Trinajstić information content (AvgIpc) is 2.81. The second-order valence-corrected chi connectivity index (χ2v) is 5.38. The van der Waals surface area contributed by atoms with Gasteiger partial charge in [-0.3, -0.25) is 4.79 Å². The Labute approximate surface area is 127 Å². The number of carbonyl (C=O) groups is 2.